The van der Waals surface area contributed by atoms with Crippen LogP contribution in [0.2, 0.25) is 0 Å². The highest BCUT2D eigenvalue weighted by Crippen LogP contribution is 2.52. The Morgan fingerprint density at radius 1 is 1.00 bits per heavy atom. The van der Waals surface area contributed by atoms with Crippen LogP contribution in [-0.4, -0.2) is 81.7 Å². The van der Waals surface area contributed by atoms with Gasteiger partial charge in [0.05, 0.1) is 19.4 Å². The van der Waals surface area contributed by atoms with Crippen LogP contribution in [0.15, 0.2) is 30.3 Å². The van der Waals surface area contributed by atoms with Gasteiger partial charge in [-0.3, -0.25) is 9.59 Å². The van der Waals surface area contributed by atoms with Crippen molar-refractivity contribution in [2.45, 2.75) is 62.9 Å². The van der Waals surface area contributed by atoms with Crippen molar-refractivity contribution in [1.82, 2.24) is 4.90 Å². The second-order valence-corrected chi connectivity index (χ2v) is 10.3. The number of likely N-dealkylation sites (tertiary alicyclic amines) is 1. The molecule has 1 spiro atoms. The zero-order valence-corrected chi connectivity index (χ0v) is 20.1. The van der Waals surface area contributed by atoms with Crippen LogP contribution in [0.4, 0.5) is 0 Å². The molecule has 0 aromatic heterocycles. The molecule has 1 aromatic rings. The van der Waals surface area contributed by atoms with Gasteiger partial charge in [-0.1, -0.05) is 49.6 Å². The lowest BCUT2D eigenvalue weighted by molar-refractivity contribution is -0.170. The lowest BCUT2D eigenvalue weighted by Gasteiger charge is -2.38. The van der Waals surface area contributed by atoms with Crippen molar-refractivity contribution in [2.24, 2.45) is 11.3 Å². The molecular formula is C26H37NO8. The number of carboxylic acids is 3. The first kappa shape index (κ1) is 27.1. The van der Waals surface area contributed by atoms with Crippen molar-refractivity contribution < 1.29 is 39.5 Å². The minimum Gasteiger partial charge on any atom is -0.481 e. The number of rotatable bonds is 8. The number of carbonyl (C=O) groups is 3. The molecule has 0 radical (unpaired) electrons. The van der Waals surface area contributed by atoms with Crippen molar-refractivity contribution in [3.05, 3.63) is 35.9 Å². The maximum Gasteiger partial charge on any atom is 0.336 e. The fraction of sp³-hybridized carbons (Fsp3) is 0.654. The van der Waals surface area contributed by atoms with Crippen molar-refractivity contribution in [3.8, 4) is 0 Å². The van der Waals surface area contributed by atoms with Crippen LogP contribution in [0.25, 0.3) is 0 Å². The quantitative estimate of drug-likeness (QED) is 0.431. The van der Waals surface area contributed by atoms with Gasteiger partial charge in [-0.05, 0) is 36.2 Å². The summed E-state index contributed by atoms with van der Waals surface area (Å²) in [6.45, 7) is 5.81. The van der Waals surface area contributed by atoms with Gasteiger partial charge in [0.1, 0.15) is 0 Å². The second kappa shape index (κ2) is 12.0. The predicted octanol–water partition coefficient (Wildman–Crippen LogP) is 2.82. The van der Waals surface area contributed by atoms with E-state index in [2.05, 4.69) is 35.2 Å². The first-order chi connectivity index (χ1) is 16.6. The van der Waals surface area contributed by atoms with E-state index < -0.39 is 36.4 Å². The molecule has 3 fully saturated rings. The Kier molecular flexibility index (Phi) is 9.27. The smallest absolute Gasteiger partial charge is 0.336 e. The fourth-order valence-electron chi connectivity index (χ4n) is 5.92. The summed E-state index contributed by atoms with van der Waals surface area (Å²) in [5, 5.41) is 33.8. The predicted molar refractivity (Wildman–Crippen MR) is 127 cm³/mol. The molecule has 4 rings (SSSR count). The van der Waals surface area contributed by atoms with E-state index in [1.165, 1.54) is 58.2 Å². The van der Waals surface area contributed by atoms with Crippen molar-refractivity contribution in [2.75, 3.05) is 32.8 Å². The van der Waals surface area contributed by atoms with Crippen molar-refractivity contribution in [3.63, 3.8) is 0 Å². The summed E-state index contributed by atoms with van der Waals surface area (Å²) in [7, 11) is 0. The van der Waals surface area contributed by atoms with E-state index in [0.717, 1.165) is 25.0 Å². The Hall–Kier alpha value is -2.49. The molecule has 2 unspecified atom stereocenters. The minimum absolute atomic E-state index is 0.555. The van der Waals surface area contributed by atoms with E-state index in [-0.39, 0.29) is 0 Å². The van der Waals surface area contributed by atoms with E-state index in [1.54, 1.807) is 5.56 Å². The number of benzene rings is 1. The average Bonchev–Trinajstić information content (AvgIpc) is 3.42. The number of ether oxygens (including phenoxy) is 1. The summed E-state index contributed by atoms with van der Waals surface area (Å²) in [6, 6.07) is 11.3. The molecule has 3 aliphatic rings. The molecule has 2 aliphatic heterocycles. The maximum atomic E-state index is 10.3. The lowest BCUT2D eigenvalue weighted by atomic mass is 9.66. The van der Waals surface area contributed by atoms with Crippen LogP contribution < -0.4 is 0 Å². The Labute approximate surface area is 205 Å². The van der Waals surface area contributed by atoms with Gasteiger partial charge in [0.25, 0.3) is 0 Å². The van der Waals surface area contributed by atoms with Crippen LogP contribution >= 0.6 is 0 Å². The fourth-order valence-corrected chi connectivity index (χ4v) is 5.92. The number of hydrogen-bond donors (Lipinski definition) is 4. The molecule has 1 aliphatic carbocycles. The van der Waals surface area contributed by atoms with Gasteiger partial charge < -0.3 is 30.1 Å². The average molecular weight is 492 g/mol. The van der Waals surface area contributed by atoms with Gasteiger partial charge in [-0.2, -0.15) is 0 Å². The summed E-state index contributed by atoms with van der Waals surface area (Å²) in [6.07, 6.45) is 6.16. The molecule has 1 aromatic carbocycles. The maximum absolute atomic E-state index is 10.3. The third-order valence-electron chi connectivity index (χ3n) is 7.60. The Morgan fingerprint density at radius 2 is 1.63 bits per heavy atom. The van der Waals surface area contributed by atoms with Crippen LogP contribution in [0.1, 0.15) is 62.8 Å². The van der Waals surface area contributed by atoms with Crippen LogP contribution in [0, 0.1) is 11.3 Å². The van der Waals surface area contributed by atoms with Crippen LogP contribution in [0.3, 0.4) is 0 Å². The summed E-state index contributed by atoms with van der Waals surface area (Å²) >= 11 is 0. The summed E-state index contributed by atoms with van der Waals surface area (Å²) in [5.74, 6) is -3.50. The Morgan fingerprint density at radius 3 is 2.14 bits per heavy atom. The first-order valence-electron chi connectivity index (χ1n) is 12.4. The second-order valence-electron chi connectivity index (χ2n) is 10.3. The highest BCUT2D eigenvalue weighted by molar-refractivity contribution is 5.88. The number of hydrogen-bond acceptors (Lipinski definition) is 6. The number of aliphatic hydroxyl groups is 1. The highest BCUT2D eigenvalue weighted by Gasteiger charge is 2.47. The van der Waals surface area contributed by atoms with Gasteiger partial charge in [-0.25, -0.2) is 4.79 Å². The number of nitrogens with zero attached hydrogens (tertiary/aromatic N) is 1. The van der Waals surface area contributed by atoms with E-state index in [1.807, 2.05) is 0 Å². The Bertz CT molecular complexity index is 845. The molecule has 2 saturated heterocycles. The SMILES string of the molecule is O=C(O)CC(O)(CC(=O)O)C(=O)O.c1ccc(C2CN(CC3CCOC3)CC23CCCCC3)cc1. The zero-order chi connectivity index (χ0) is 25.5. The lowest BCUT2D eigenvalue weighted by Crippen LogP contribution is -2.42. The molecule has 194 valence electrons. The third kappa shape index (κ3) is 7.25. The molecule has 0 amide bonds. The number of carboxylic acid groups (broad SMARTS) is 3. The van der Waals surface area contributed by atoms with Gasteiger partial charge in [0.2, 0.25) is 0 Å². The van der Waals surface area contributed by atoms with Gasteiger partial charge in [-0.15, -0.1) is 0 Å². The molecule has 4 N–H and O–H groups in total. The zero-order valence-electron chi connectivity index (χ0n) is 20.1. The Balaban J connectivity index is 0.000000228. The van der Waals surface area contributed by atoms with E-state index in [9.17, 15) is 14.4 Å². The monoisotopic (exact) mass is 491 g/mol. The van der Waals surface area contributed by atoms with Gasteiger partial charge in [0.15, 0.2) is 5.60 Å². The molecule has 2 heterocycles. The summed E-state index contributed by atoms with van der Waals surface area (Å²) in [4.78, 5) is 33.3. The third-order valence-corrected chi connectivity index (χ3v) is 7.60. The molecule has 35 heavy (non-hydrogen) atoms. The molecular weight excluding hydrogens is 454 g/mol. The van der Waals surface area contributed by atoms with Gasteiger partial charge in [0, 0.05) is 32.2 Å². The topological polar surface area (TPSA) is 145 Å². The summed E-state index contributed by atoms with van der Waals surface area (Å²) in [5.41, 5.74) is -0.605. The van der Waals surface area contributed by atoms with E-state index in [4.69, 9.17) is 25.2 Å². The molecule has 1 saturated carbocycles. The highest BCUT2D eigenvalue weighted by atomic mass is 16.5. The standard InChI is InChI=1S/C20H29NO.C6H8O7/c1-3-7-18(8-4-1)19-14-21(13-17-9-12-22-15-17)16-20(19)10-5-2-6-11-20;7-3(8)1-6(13,5(11)12)2-4(9)10/h1,3-4,7-8,17,19H,2,5-6,9-16H2;13H,1-2H2,(H,7,8)(H,9,10)(H,11,12). The molecule has 0 bridgehead atoms. The molecule has 2 atom stereocenters. The van der Waals surface area contributed by atoms with E-state index in [0.29, 0.717) is 5.41 Å². The molecule has 9 nitrogen and oxygen atoms in total. The van der Waals surface area contributed by atoms with Gasteiger partial charge >= 0.3 is 17.9 Å². The van der Waals surface area contributed by atoms with Crippen LogP contribution in [-0.2, 0) is 19.1 Å². The van der Waals surface area contributed by atoms with E-state index >= 15 is 0 Å². The number of aliphatic carboxylic acids is 3. The first-order valence-corrected chi connectivity index (χ1v) is 12.4. The van der Waals surface area contributed by atoms with Crippen molar-refractivity contribution >= 4 is 17.9 Å². The molecule has 9 heteroatoms. The van der Waals surface area contributed by atoms with Crippen LogP contribution in [0.5, 0.6) is 0 Å². The normalized spacial score (nSPS) is 24.0. The minimum atomic E-state index is -2.74. The largest absolute Gasteiger partial charge is 0.481 e. The van der Waals surface area contributed by atoms with Crippen molar-refractivity contribution in [1.29, 1.82) is 0 Å². The summed E-state index contributed by atoms with van der Waals surface area (Å²) < 4.78 is 5.59.